The Labute approximate surface area is 101 Å². The van der Waals surface area contributed by atoms with Crippen LogP contribution in [0.2, 0.25) is 0 Å². The number of carbonyl (C=O) groups is 1. The molecule has 0 fully saturated rings. The summed E-state index contributed by atoms with van der Waals surface area (Å²) in [5.74, 6) is -1.65. The standard InChI is InChI=1S/C10H8ClFN2O3/c1-6(11)5-13-10(15)7-2-3-9(14(16)17)8(12)4-7/h2-4H,1,5H2,(H,13,15). The molecule has 0 saturated carbocycles. The van der Waals surface area contributed by atoms with Gasteiger partial charge in [-0.25, -0.2) is 0 Å². The number of nitro benzene ring substituents is 1. The summed E-state index contributed by atoms with van der Waals surface area (Å²) in [4.78, 5) is 20.9. The fraction of sp³-hybridized carbons (Fsp3) is 0.100. The van der Waals surface area contributed by atoms with Crippen LogP contribution in [0.5, 0.6) is 0 Å². The first-order valence-electron chi connectivity index (χ1n) is 4.47. The number of hydrogen-bond acceptors (Lipinski definition) is 3. The normalized spacial score (nSPS) is 9.76. The second kappa shape index (κ2) is 5.40. The van der Waals surface area contributed by atoms with Gasteiger partial charge in [-0.3, -0.25) is 14.9 Å². The van der Waals surface area contributed by atoms with Gasteiger partial charge in [0.1, 0.15) is 0 Å². The number of carbonyl (C=O) groups excluding carboxylic acids is 1. The lowest BCUT2D eigenvalue weighted by molar-refractivity contribution is -0.387. The molecular weight excluding hydrogens is 251 g/mol. The summed E-state index contributed by atoms with van der Waals surface area (Å²) < 4.78 is 13.2. The van der Waals surface area contributed by atoms with Crippen LogP contribution in [0.3, 0.4) is 0 Å². The Morgan fingerprint density at radius 1 is 1.59 bits per heavy atom. The number of nitro groups is 1. The predicted octanol–water partition coefficient (Wildman–Crippen LogP) is 2.22. The number of amides is 1. The fourth-order valence-corrected chi connectivity index (χ4v) is 1.14. The molecule has 0 unspecified atom stereocenters. The molecule has 1 N–H and O–H groups in total. The van der Waals surface area contributed by atoms with E-state index in [-0.39, 0.29) is 17.1 Å². The minimum absolute atomic E-state index is 0.0222. The maximum Gasteiger partial charge on any atom is 0.304 e. The first kappa shape index (κ1) is 13.1. The summed E-state index contributed by atoms with van der Waals surface area (Å²) >= 11 is 5.43. The third-order valence-corrected chi connectivity index (χ3v) is 1.98. The van der Waals surface area contributed by atoms with Gasteiger partial charge in [-0.05, 0) is 12.1 Å². The van der Waals surface area contributed by atoms with Crippen LogP contribution in [0.25, 0.3) is 0 Å². The molecule has 0 saturated heterocycles. The molecule has 0 heterocycles. The van der Waals surface area contributed by atoms with Crippen molar-refractivity contribution in [1.29, 1.82) is 0 Å². The lowest BCUT2D eigenvalue weighted by Gasteiger charge is -2.03. The van der Waals surface area contributed by atoms with E-state index in [1.165, 1.54) is 0 Å². The first-order chi connectivity index (χ1) is 7.91. The first-order valence-corrected chi connectivity index (χ1v) is 4.85. The van der Waals surface area contributed by atoms with Gasteiger partial charge in [-0.1, -0.05) is 18.2 Å². The minimum atomic E-state index is -1.06. The van der Waals surface area contributed by atoms with Crippen LogP contribution in [-0.2, 0) is 0 Å². The molecule has 17 heavy (non-hydrogen) atoms. The predicted molar refractivity (Wildman–Crippen MR) is 60.4 cm³/mol. The van der Waals surface area contributed by atoms with Gasteiger partial charge in [-0.2, -0.15) is 4.39 Å². The largest absolute Gasteiger partial charge is 0.347 e. The van der Waals surface area contributed by atoms with Crippen LogP contribution in [-0.4, -0.2) is 17.4 Å². The van der Waals surface area contributed by atoms with E-state index in [9.17, 15) is 19.3 Å². The van der Waals surface area contributed by atoms with Crippen LogP contribution in [0.4, 0.5) is 10.1 Å². The molecule has 90 valence electrons. The van der Waals surface area contributed by atoms with E-state index < -0.39 is 22.3 Å². The number of hydrogen-bond donors (Lipinski definition) is 1. The zero-order valence-electron chi connectivity index (χ0n) is 8.57. The van der Waals surface area contributed by atoms with Crippen LogP contribution in [0.15, 0.2) is 29.8 Å². The quantitative estimate of drug-likeness (QED) is 0.665. The molecule has 0 bridgehead atoms. The Balaban J connectivity index is 2.86. The van der Waals surface area contributed by atoms with Crippen molar-refractivity contribution in [3.8, 4) is 0 Å². The molecule has 0 aliphatic carbocycles. The third kappa shape index (κ3) is 3.53. The van der Waals surface area contributed by atoms with Crippen molar-refractivity contribution in [2.75, 3.05) is 6.54 Å². The molecule has 1 amide bonds. The Kier molecular flexibility index (Phi) is 4.17. The van der Waals surface area contributed by atoms with Crippen molar-refractivity contribution < 1.29 is 14.1 Å². The van der Waals surface area contributed by atoms with Gasteiger partial charge in [0.2, 0.25) is 5.82 Å². The van der Waals surface area contributed by atoms with Crippen molar-refractivity contribution in [2.45, 2.75) is 0 Å². The van der Waals surface area contributed by atoms with Gasteiger partial charge in [0.25, 0.3) is 5.91 Å². The molecule has 1 rings (SSSR count). The van der Waals surface area contributed by atoms with E-state index in [0.717, 1.165) is 18.2 Å². The number of benzene rings is 1. The molecule has 0 aliphatic rings. The average Bonchev–Trinajstić information content (AvgIpc) is 2.25. The number of halogens is 2. The molecular formula is C10H8ClFN2O3. The van der Waals surface area contributed by atoms with Gasteiger partial charge in [0, 0.05) is 16.7 Å². The van der Waals surface area contributed by atoms with Crippen LogP contribution in [0, 0.1) is 15.9 Å². The van der Waals surface area contributed by atoms with E-state index in [1.54, 1.807) is 0 Å². The Bertz CT molecular complexity index is 490. The summed E-state index contributed by atoms with van der Waals surface area (Å²) in [6.07, 6.45) is 0. The topological polar surface area (TPSA) is 72.2 Å². The Morgan fingerprint density at radius 2 is 2.24 bits per heavy atom. The molecule has 1 aromatic rings. The second-order valence-corrected chi connectivity index (χ2v) is 3.66. The molecule has 7 heteroatoms. The number of nitrogens with one attached hydrogen (secondary N) is 1. The highest BCUT2D eigenvalue weighted by atomic mass is 35.5. The molecule has 5 nitrogen and oxygen atoms in total. The van der Waals surface area contributed by atoms with Crippen LogP contribution >= 0.6 is 11.6 Å². The van der Waals surface area contributed by atoms with Gasteiger partial charge >= 0.3 is 5.69 Å². The van der Waals surface area contributed by atoms with Crippen LogP contribution in [0.1, 0.15) is 10.4 Å². The average molecular weight is 259 g/mol. The maximum atomic E-state index is 13.2. The van der Waals surface area contributed by atoms with E-state index in [2.05, 4.69) is 11.9 Å². The molecule has 0 radical (unpaired) electrons. The maximum absolute atomic E-state index is 13.2. The highest BCUT2D eigenvalue weighted by molar-refractivity contribution is 6.29. The lowest BCUT2D eigenvalue weighted by Crippen LogP contribution is -2.24. The van der Waals surface area contributed by atoms with Crippen molar-refractivity contribution in [1.82, 2.24) is 5.32 Å². The third-order valence-electron chi connectivity index (χ3n) is 1.85. The monoisotopic (exact) mass is 258 g/mol. The Morgan fingerprint density at radius 3 is 2.71 bits per heavy atom. The van der Waals surface area contributed by atoms with E-state index in [4.69, 9.17) is 11.6 Å². The zero-order chi connectivity index (χ0) is 13.0. The van der Waals surface area contributed by atoms with Gasteiger partial charge < -0.3 is 5.32 Å². The minimum Gasteiger partial charge on any atom is -0.347 e. The smallest absolute Gasteiger partial charge is 0.304 e. The summed E-state index contributed by atoms with van der Waals surface area (Å²) in [7, 11) is 0. The summed E-state index contributed by atoms with van der Waals surface area (Å²) in [5.41, 5.74) is -0.700. The van der Waals surface area contributed by atoms with Crippen LogP contribution < -0.4 is 5.32 Å². The molecule has 1 aromatic carbocycles. The van der Waals surface area contributed by atoms with E-state index in [0.29, 0.717) is 0 Å². The highest BCUT2D eigenvalue weighted by Crippen LogP contribution is 2.17. The van der Waals surface area contributed by atoms with Gasteiger partial charge in [0.15, 0.2) is 0 Å². The summed E-state index contributed by atoms with van der Waals surface area (Å²) in [6, 6.07) is 2.89. The molecule has 0 spiro atoms. The van der Waals surface area contributed by atoms with E-state index >= 15 is 0 Å². The second-order valence-electron chi connectivity index (χ2n) is 3.12. The summed E-state index contributed by atoms with van der Waals surface area (Å²) in [6.45, 7) is 3.40. The fourth-order valence-electron chi connectivity index (χ4n) is 1.07. The number of nitrogens with zero attached hydrogens (tertiary/aromatic N) is 1. The van der Waals surface area contributed by atoms with Gasteiger partial charge in [0.05, 0.1) is 11.5 Å². The lowest BCUT2D eigenvalue weighted by atomic mass is 10.2. The van der Waals surface area contributed by atoms with Gasteiger partial charge in [-0.15, -0.1) is 0 Å². The zero-order valence-corrected chi connectivity index (χ0v) is 9.33. The van der Waals surface area contributed by atoms with Crippen molar-refractivity contribution in [2.24, 2.45) is 0 Å². The Hall–Kier alpha value is -1.95. The van der Waals surface area contributed by atoms with Crippen molar-refractivity contribution >= 4 is 23.2 Å². The van der Waals surface area contributed by atoms with E-state index in [1.807, 2.05) is 0 Å². The van der Waals surface area contributed by atoms with Crippen molar-refractivity contribution in [3.63, 3.8) is 0 Å². The number of rotatable bonds is 4. The summed E-state index contributed by atoms with van der Waals surface area (Å²) in [5, 5.41) is 12.9. The molecule has 0 aromatic heterocycles. The highest BCUT2D eigenvalue weighted by Gasteiger charge is 2.16. The molecule has 0 aliphatic heterocycles. The van der Waals surface area contributed by atoms with Crippen molar-refractivity contribution in [3.05, 3.63) is 51.3 Å². The SMILES string of the molecule is C=C(Cl)CNC(=O)c1ccc([N+](=O)[O-])c(F)c1. The molecule has 0 atom stereocenters.